The predicted molar refractivity (Wildman–Crippen MR) is 47.7 cm³/mol. The highest BCUT2D eigenvalue weighted by Crippen LogP contribution is 2.15. The van der Waals surface area contributed by atoms with Gasteiger partial charge in [-0.25, -0.2) is 5.48 Å². The zero-order valence-corrected chi connectivity index (χ0v) is 7.50. The van der Waals surface area contributed by atoms with Crippen LogP contribution in [-0.4, -0.2) is 23.9 Å². The summed E-state index contributed by atoms with van der Waals surface area (Å²) in [6, 6.07) is 0. The predicted octanol–water partition coefficient (Wildman–Crippen LogP) is 0.655. The van der Waals surface area contributed by atoms with Crippen molar-refractivity contribution in [3.8, 4) is 0 Å². The zero-order chi connectivity index (χ0) is 8.81. The van der Waals surface area contributed by atoms with Gasteiger partial charge in [0.2, 0.25) is 0 Å². The van der Waals surface area contributed by atoms with E-state index in [2.05, 4.69) is 10.3 Å². The summed E-state index contributed by atoms with van der Waals surface area (Å²) in [4.78, 5) is 15.4. The third-order valence-electron chi connectivity index (χ3n) is 1.15. The molecule has 0 bridgehead atoms. The highest BCUT2D eigenvalue weighted by molar-refractivity contribution is 8.00. The zero-order valence-electron chi connectivity index (χ0n) is 6.69. The highest BCUT2D eigenvalue weighted by atomic mass is 32.2. The van der Waals surface area contributed by atoms with E-state index < -0.39 is 0 Å². The molecule has 0 aliphatic carbocycles. The third kappa shape index (κ3) is 2.98. The van der Waals surface area contributed by atoms with E-state index in [1.807, 2.05) is 23.8 Å². The number of allylic oxidation sites excluding steroid dienone is 2. The van der Waals surface area contributed by atoms with E-state index in [4.69, 9.17) is 0 Å². The number of rotatable bonds is 3. The Morgan fingerprint density at radius 3 is 3.08 bits per heavy atom. The van der Waals surface area contributed by atoms with Crippen molar-refractivity contribution in [3.63, 3.8) is 0 Å². The van der Waals surface area contributed by atoms with Gasteiger partial charge >= 0.3 is 0 Å². The first-order chi connectivity index (χ1) is 5.83. The highest BCUT2D eigenvalue weighted by Gasteiger charge is 2.06. The van der Waals surface area contributed by atoms with Crippen LogP contribution in [0.3, 0.4) is 0 Å². The molecule has 1 heterocycles. The second-order valence-corrected chi connectivity index (χ2v) is 3.03. The van der Waals surface area contributed by atoms with Gasteiger partial charge in [0, 0.05) is 6.20 Å². The van der Waals surface area contributed by atoms with Gasteiger partial charge in [-0.3, -0.25) is 9.63 Å². The molecule has 0 aromatic heterocycles. The van der Waals surface area contributed by atoms with E-state index in [0.29, 0.717) is 6.54 Å². The lowest BCUT2D eigenvalue weighted by molar-refractivity contribution is -0.131. The lowest BCUT2D eigenvalue weighted by Crippen LogP contribution is -2.31. The molecule has 0 aromatic rings. The Balaban J connectivity index is 2.27. The molecule has 1 rings (SSSR count). The van der Waals surface area contributed by atoms with Crippen LogP contribution in [0.2, 0.25) is 0 Å². The first kappa shape index (κ1) is 9.15. The topological polar surface area (TPSA) is 41.6 Å². The van der Waals surface area contributed by atoms with Crippen molar-refractivity contribution in [2.24, 2.45) is 0 Å². The minimum Gasteiger partial charge on any atom is -0.310 e. The molecular formula is C7H10N2O2S. The summed E-state index contributed by atoms with van der Waals surface area (Å²) in [6.45, 7) is 0.291. The van der Waals surface area contributed by atoms with Crippen LogP contribution < -0.4 is 5.48 Å². The second-order valence-electron chi connectivity index (χ2n) is 2.08. The Hall–Kier alpha value is -0.940. The molecule has 1 amide bonds. The standard InChI is InChI=1S/C7H10N2O2S/c1-11-8-7(10)6-9-4-2-3-5-12-9/h2-5H,6H2,1H3,(H,8,10). The maximum absolute atomic E-state index is 11.0. The van der Waals surface area contributed by atoms with Crippen LogP contribution in [-0.2, 0) is 9.63 Å². The van der Waals surface area contributed by atoms with Crippen molar-refractivity contribution in [2.45, 2.75) is 0 Å². The molecular weight excluding hydrogens is 176 g/mol. The van der Waals surface area contributed by atoms with Gasteiger partial charge in [0.25, 0.3) is 5.91 Å². The van der Waals surface area contributed by atoms with Crippen LogP contribution in [0.1, 0.15) is 0 Å². The molecule has 0 saturated carbocycles. The second kappa shape index (κ2) is 4.84. The summed E-state index contributed by atoms with van der Waals surface area (Å²) in [6.07, 6.45) is 5.62. The van der Waals surface area contributed by atoms with Crippen LogP contribution in [0.25, 0.3) is 0 Å². The Morgan fingerprint density at radius 2 is 2.50 bits per heavy atom. The van der Waals surface area contributed by atoms with Gasteiger partial charge in [0.15, 0.2) is 0 Å². The summed E-state index contributed by atoms with van der Waals surface area (Å²) in [5, 5.41) is 1.90. The van der Waals surface area contributed by atoms with Crippen molar-refractivity contribution in [2.75, 3.05) is 13.7 Å². The van der Waals surface area contributed by atoms with E-state index in [9.17, 15) is 4.79 Å². The van der Waals surface area contributed by atoms with Crippen molar-refractivity contribution in [1.82, 2.24) is 9.79 Å². The summed E-state index contributed by atoms with van der Waals surface area (Å²) < 4.78 is 1.80. The number of carbonyl (C=O) groups excluding carboxylic acids is 1. The maximum atomic E-state index is 11.0. The van der Waals surface area contributed by atoms with Crippen molar-refractivity contribution < 1.29 is 9.63 Å². The molecule has 4 nitrogen and oxygen atoms in total. The van der Waals surface area contributed by atoms with Crippen LogP contribution >= 0.6 is 11.9 Å². The van der Waals surface area contributed by atoms with Gasteiger partial charge in [0.05, 0.1) is 7.11 Å². The molecule has 0 fully saturated rings. The van der Waals surface area contributed by atoms with Gasteiger partial charge in [-0.1, -0.05) is 6.08 Å². The van der Waals surface area contributed by atoms with E-state index >= 15 is 0 Å². The lowest BCUT2D eigenvalue weighted by Gasteiger charge is -2.17. The van der Waals surface area contributed by atoms with Crippen LogP contribution in [0.15, 0.2) is 23.8 Å². The Bertz CT molecular complexity index is 215. The van der Waals surface area contributed by atoms with Crippen molar-refractivity contribution in [3.05, 3.63) is 23.8 Å². The fraction of sp³-hybridized carbons (Fsp3) is 0.286. The molecule has 5 heteroatoms. The largest absolute Gasteiger partial charge is 0.310 e. The normalized spacial score (nSPS) is 14.9. The smallest absolute Gasteiger partial charge is 0.264 e. The number of nitrogens with one attached hydrogen (secondary N) is 1. The molecule has 1 N–H and O–H groups in total. The van der Waals surface area contributed by atoms with E-state index in [1.165, 1.54) is 19.1 Å². The molecule has 0 spiro atoms. The first-order valence-corrected chi connectivity index (χ1v) is 4.25. The number of hydrogen-bond donors (Lipinski definition) is 1. The molecule has 66 valence electrons. The Morgan fingerprint density at radius 1 is 1.67 bits per heavy atom. The fourth-order valence-corrected chi connectivity index (χ4v) is 1.37. The van der Waals surface area contributed by atoms with Gasteiger partial charge < -0.3 is 4.31 Å². The van der Waals surface area contributed by atoms with Crippen molar-refractivity contribution in [1.29, 1.82) is 0 Å². The molecule has 0 radical (unpaired) electrons. The number of nitrogens with zero attached hydrogens (tertiary/aromatic N) is 1. The SMILES string of the molecule is CONC(=O)CN1C=CC=CS1. The van der Waals surface area contributed by atoms with Crippen molar-refractivity contribution >= 4 is 17.9 Å². The molecule has 0 aromatic carbocycles. The minimum atomic E-state index is -0.162. The quantitative estimate of drug-likeness (QED) is 0.519. The van der Waals surface area contributed by atoms with Gasteiger partial charge in [-0.2, -0.15) is 0 Å². The van der Waals surface area contributed by atoms with E-state index in [0.717, 1.165) is 0 Å². The maximum Gasteiger partial charge on any atom is 0.264 e. The minimum absolute atomic E-state index is 0.162. The average Bonchev–Trinajstić information content (AvgIpc) is 2.06. The van der Waals surface area contributed by atoms with Gasteiger partial charge in [-0.05, 0) is 23.4 Å². The molecule has 1 aliphatic heterocycles. The first-order valence-electron chi connectivity index (χ1n) is 3.41. The summed E-state index contributed by atoms with van der Waals surface area (Å²) >= 11 is 1.47. The Kier molecular flexibility index (Phi) is 3.69. The number of hydroxylamine groups is 1. The van der Waals surface area contributed by atoms with E-state index in [1.54, 1.807) is 4.31 Å². The Labute approximate surface area is 75.3 Å². The molecule has 0 atom stereocenters. The third-order valence-corrected chi connectivity index (χ3v) is 1.95. The molecule has 12 heavy (non-hydrogen) atoms. The van der Waals surface area contributed by atoms with Crippen LogP contribution in [0, 0.1) is 0 Å². The molecule has 1 aliphatic rings. The summed E-state index contributed by atoms with van der Waals surface area (Å²) in [5.74, 6) is -0.162. The lowest BCUT2D eigenvalue weighted by atomic mass is 10.5. The van der Waals surface area contributed by atoms with Gasteiger partial charge in [0.1, 0.15) is 6.54 Å². The average molecular weight is 186 g/mol. The fourth-order valence-electron chi connectivity index (χ4n) is 0.717. The monoisotopic (exact) mass is 186 g/mol. The molecule has 0 unspecified atom stereocenters. The number of amides is 1. The number of hydrogen-bond acceptors (Lipinski definition) is 4. The number of carbonyl (C=O) groups is 1. The summed E-state index contributed by atoms with van der Waals surface area (Å²) in [7, 11) is 1.41. The van der Waals surface area contributed by atoms with Crippen LogP contribution in [0.4, 0.5) is 0 Å². The van der Waals surface area contributed by atoms with Gasteiger partial charge in [-0.15, -0.1) is 0 Å². The summed E-state index contributed by atoms with van der Waals surface area (Å²) in [5.41, 5.74) is 2.24. The van der Waals surface area contributed by atoms with Crippen LogP contribution in [0.5, 0.6) is 0 Å². The molecule has 0 saturated heterocycles. The van der Waals surface area contributed by atoms with E-state index in [-0.39, 0.29) is 5.91 Å².